The molecule has 0 aliphatic carbocycles. The van der Waals surface area contributed by atoms with E-state index in [9.17, 15) is 9.59 Å². The number of carbonyl (C=O) groups is 2. The van der Waals surface area contributed by atoms with Gasteiger partial charge >= 0.3 is 6.03 Å². The van der Waals surface area contributed by atoms with Crippen LogP contribution in [0.1, 0.15) is 25.5 Å². The molecule has 1 aromatic heterocycles. The van der Waals surface area contributed by atoms with Crippen molar-refractivity contribution in [3.63, 3.8) is 0 Å². The molecule has 1 aromatic rings. The summed E-state index contributed by atoms with van der Waals surface area (Å²) in [6, 6.07) is 4.20. The number of amides is 3. The SMILES string of the molecule is CCN1CCN(C2CCN(CC(=O)N(C)Cc3ccco3)CC2)C1=O. The Balaban J connectivity index is 1.43. The van der Waals surface area contributed by atoms with Gasteiger partial charge in [0.1, 0.15) is 5.76 Å². The van der Waals surface area contributed by atoms with Crippen LogP contribution in [0, 0.1) is 0 Å². The Morgan fingerprint density at radius 1 is 1.28 bits per heavy atom. The lowest BCUT2D eigenvalue weighted by Crippen LogP contribution is -2.48. The van der Waals surface area contributed by atoms with Crippen LogP contribution in [0.3, 0.4) is 0 Å². The molecule has 0 N–H and O–H groups in total. The summed E-state index contributed by atoms with van der Waals surface area (Å²) < 4.78 is 5.29. The molecule has 0 saturated carbocycles. The first kappa shape index (κ1) is 17.8. The van der Waals surface area contributed by atoms with Crippen LogP contribution in [-0.4, -0.2) is 83.9 Å². The summed E-state index contributed by atoms with van der Waals surface area (Å²) in [5.74, 6) is 0.895. The minimum absolute atomic E-state index is 0.101. The molecule has 0 aromatic carbocycles. The molecule has 7 nitrogen and oxygen atoms in total. The highest BCUT2D eigenvalue weighted by molar-refractivity contribution is 5.78. The molecule has 0 unspecified atom stereocenters. The average molecular weight is 348 g/mol. The summed E-state index contributed by atoms with van der Waals surface area (Å²) in [4.78, 5) is 32.5. The van der Waals surface area contributed by atoms with Crippen molar-refractivity contribution in [1.29, 1.82) is 0 Å². The second kappa shape index (κ2) is 7.91. The normalized spacial score (nSPS) is 19.7. The number of hydrogen-bond donors (Lipinski definition) is 0. The van der Waals surface area contributed by atoms with E-state index in [-0.39, 0.29) is 11.9 Å². The van der Waals surface area contributed by atoms with Crippen molar-refractivity contribution in [2.45, 2.75) is 32.4 Å². The fraction of sp³-hybridized carbons (Fsp3) is 0.667. The molecule has 2 aliphatic rings. The Kier molecular flexibility index (Phi) is 5.63. The van der Waals surface area contributed by atoms with Crippen molar-refractivity contribution in [1.82, 2.24) is 19.6 Å². The number of nitrogens with zero attached hydrogens (tertiary/aromatic N) is 4. The number of hydrogen-bond acceptors (Lipinski definition) is 4. The van der Waals surface area contributed by atoms with Crippen LogP contribution in [0.15, 0.2) is 22.8 Å². The molecule has 3 rings (SSSR count). The van der Waals surface area contributed by atoms with Gasteiger partial charge < -0.3 is 19.1 Å². The Bertz CT molecular complexity index is 581. The minimum Gasteiger partial charge on any atom is -0.467 e. The molecule has 2 fully saturated rings. The fourth-order valence-corrected chi connectivity index (χ4v) is 3.66. The summed E-state index contributed by atoms with van der Waals surface area (Å²) in [5, 5.41) is 0. The Labute approximate surface area is 149 Å². The predicted molar refractivity (Wildman–Crippen MR) is 94.0 cm³/mol. The third-order valence-electron chi connectivity index (χ3n) is 5.26. The van der Waals surface area contributed by atoms with Crippen molar-refractivity contribution in [3.8, 4) is 0 Å². The van der Waals surface area contributed by atoms with E-state index in [2.05, 4.69) is 4.90 Å². The lowest BCUT2D eigenvalue weighted by atomic mass is 10.0. The summed E-state index contributed by atoms with van der Waals surface area (Å²) in [5.41, 5.74) is 0. The van der Waals surface area contributed by atoms with E-state index in [1.165, 1.54) is 0 Å². The van der Waals surface area contributed by atoms with E-state index < -0.39 is 0 Å². The van der Waals surface area contributed by atoms with E-state index in [1.54, 1.807) is 18.2 Å². The van der Waals surface area contributed by atoms with Crippen LogP contribution in [0.4, 0.5) is 4.79 Å². The first-order valence-electron chi connectivity index (χ1n) is 9.12. The molecular formula is C18H28N4O3. The largest absolute Gasteiger partial charge is 0.467 e. The molecule has 0 radical (unpaired) electrons. The number of likely N-dealkylation sites (N-methyl/N-ethyl adjacent to an activating group) is 2. The number of urea groups is 1. The maximum atomic E-state index is 12.4. The van der Waals surface area contributed by atoms with Crippen LogP contribution in [0.25, 0.3) is 0 Å². The van der Waals surface area contributed by atoms with E-state index >= 15 is 0 Å². The van der Waals surface area contributed by atoms with Gasteiger partial charge in [-0.05, 0) is 31.9 Å². The zero-order valence-corrected chi connectivity index (χ0v) is 15.2. The molecule has 138 valence electrons. The summed E-state index contributed by atoms with van der Waals surface area (Å²) in [7, 11) is 1.81. The van der Waals surface area contributed by atoms with E-state index in [0.717, 1.165) is 51.3 Å². The second-order valence-electron chi connectivity index (χ2n) is 6.89. The highest BCUT2D eigenvalue weighted by atomic mass is 16.3. The third-order valence-corrected chi connectivity index (χ3v) is 5.26. The van der Waals surface area contributed by atoms with Crippen LogP contribution in [0.5, 0.6) is 0 Å². The summed E-state index contributed by atoms with van der Waals surface area (Å²) in [6.45, 7) is 7.13. The molecule has 0 bridgehead atoms. The van der Waals surface area contributed by atoms with Crippen LogP contribution >= 0.6 is 0 Å². The summed E-state index contributed by atoms with van der Waals surface area (Å²) >= 11 is 0. The first-order valence-corrected chi connectivity index (χ1v) is 9.12. The van der Waals surface area contributed by atoms with Gasteiger partial charge in [0, 0.05) is 45.8 Å². The van der Waals surface area contributed by atoms with Crippen molar-refractivity contribution in [3.05, 3.63) is 24.2 Å². The van der Waals surface area contributed by atoms with Crippen molar-refractivity contribution < 1.29 is 14.0 Å². The van der Waals surface area contributed by atoms with Gasteiger partial charge in [-0.2, -0.15) is 0 Å². The lowest BCUT2D eigenvalue weighted by Gasteiger charge is -2.36. The van der Waals surface area contributed by atoms with Gasteiger partial charge in [0.2, 0.25) is 5.91 Å². The molecule has 2 saturated heterocycles. The van der Waals surface area contributed by atoms with Crippen LogP contribution in [-0.2, 0) is 11.3 Å². The Hall–Kier alpha value is -2.02. The van der Waals surface area contributed by atoms with Gasteiger partial charge in [-0.15, -0.1) is 0 Å². The van der Waals surface area contributed by atoms with Gasteiger partial charge in [0.25, 0.3) is 0 Å². The highest BCUT2D eigenvalue weighted by Crippen LogP contribution is 2.21. The lowest BCUT2D eigenvalue weighted by molar-refractivity contribution is -0.132. The number of carbonyl (C=O) groups excluding carboxylic acids is 2. The number of piperidine rings is 1. The average Bonchev–Trinajstić information content (AvgIpc) is 3.25. The molecule has 0 atom stereocenters. The van der Waals surface area contributed by atoms with E-state index in [1.807, 2.05) is 28.9 Å². The van der Waals surface area contributed by atoms with E-state index in [4.69, 9.17) is 4.42 Å². The maximum absolute atomic E-state index is 12.4. The van der Waals surface area contributed by atoms with E-state index in [0.29, 0.717) is 19.1 Å². The monoisotopic (exact) mass is 348 g/mol. The third kappa shape index (κ3) is 4.15. The Morgan fingerprint density at radius 3 is 2.64 bits per heavy atom. The minimum atomic E-state index is 0.101. The quantitative estimate of drug-likeness (QED) is 0.781. The van der Waals surface area contributed by atoms with Gasteiger partial charge in [-0.25, -0.2) is 4.79 Å². The predicted octanol–water partition coefficient (Wildman–Crippen LogP) is 1.46. The van der Waals surface area contributed by atoms with Gasteiger partial charge in [-0.1, -0.05) is 0 Å². The Morgan fingerprint density at radius 2 is 2.04 bits per heavy atom. The first-order chi connectivity index (χ1) is 12.1. The second-order valence-corrected chi connectivity index (χ2v) is 6.89. The number of likely N-dealkylation sites (tertiary alicyclic amines) is 1. The van der Waals surface area contributed by atoms with Gasteiger partial charge in [-0.3, -0.25) is 9.69 Å². The molecule has 3 heterocycles. The molecule has 3 amide bonds. The molecular weight excluding hydrogens is 320 g/mol. The van der Waals surface area contributed by atoms with Gasteiger partial charge in [0.15, 0.2) is 0 Å². The molecule has 2 aliphatic heterocycles. The molecule has 0 spiro atoms. The maximum Gasteiger partial charge on any atom is 0.320 e. The van der Waals surface area contributed by atoms with Crippen molar-refractivity contribution >= 4 is 11.9 Å². The highest BCUT2D eigenvalue weighted by Gasteiger charge is 2.34. The fourth-order valence-electron chi connectivity index (χ4n) is 3.66. The topological polar surface area (TPSA) is 60.2 Å². The standard InChI is InChI=1S/C18H28N4O3/c1-3-21-10-11-22(18(21)24)15-6-8-20(9-7-15)14-17(23)19(2)13-16-5-4-12-25-16/h4-5,12,15H,3,6-11,13-14H2,1-2H3. The zero-order chi connectivity index (χ0) is 17.8. The summed E-state index contributed by atoms with van der Waals surface area (Å²) in [6.07, 6.45) is 3.51. The zero-order valence-electron chi connectivity index (χ0n) is 15.2. The van der Waals surface area contributed by atoms with Crippen molar-refractivity contribution in [2.24, 2.45) is 0 Å². The number of rotatable bonds is 6. The van der Waals surface area contributed by atoms with Crippen molar-refractivity contribution in [2.75, 3.05) is 46.3 Å². The molecule has 7 heteroatoms. The number of furan rings is 1. The smallest absolute Gasteiger partial charge is 0.320 e. The van der Waals surface area contributed by atoms with Crippen LogP contribution < -0.4 is 0 Å². The van der Waals surface area contributed by atoms with Gasteiger partial charge in [0.05, 0.1) is 19.4 Å². The molecule has 25 heavy (non-hydrogen) atoms. The van der Waals surface area contributed by atoms with Crippen LogP contribution in [0.2, 0.25) is 0 Å².